The summed E-state index contributed by atoms with van der Waals surface area (Å²) in [4.78, 5) is 47.4. The first-order valence-corrected chi connectivity index (χ1v) is 24.5. The molecule has 0 amide bonds. The van der Waals surface area contributed by atoms with Crippen molar-refractivity contribution in [2.24, 2.45) is 0 Å². The number of carbonyl (C=O) groups is 3. The van der Waals surface area contributed by atoms with Crippen LogP contribution in [0, 0.1) is 0 Å². The Bertz CT molecular complexity index is 1550. The Kier molecular flexibility index (Phi) is 34.4. The highest BCUT2D eigenvalue weighted by molar-refractivity contribution is 7.47. The van der Waals surface area contributed by atoms with Gasteiger partial charge in [-0.3, -0.25) is 23.4 Å². The van der Waals surface area contributed by atoms with Crippen LogP contribution < -0.4 is 0 Å². The van der Waals surface area contributed by atoms with Crippen LogP contribution in [0.2, 0.25) is 0 Å². The summed E-state index contributed by atoms with van der Waals surface area (Å²) in [5, 5.41) is 50.1. The van der Waals surface area contributed by atoms with Crippen LogP contribution in [0.25, 0.3) is 0 Å². The number of ketones is 1. The zero-order valence-electron chi connectivity index (χ0n) is 38.0. The molecule has 362 valence electrons. The van der Waals surface area contributed by atoms with E-state index in [0.717, 1.165) is 83.5 Å². The van der Waals surface area contributed by atoms with Crippen molar-refractivity contribution < 1.29 is 67.9 Å². The second-order valence-corrected chi connectivity index (χ2v) is 17.0. The Morgan fingerprint density at radius 2 is 1.06 bits per heavy atom. The molecular weight excluding hydrogens is 843 g/mol. The molecule has 1 rings (SSSR count). The molecule has 6 N–H and O–H groups in total. The molecule has 8 atom stereocenters. The number of unbranched alkanes of at least 4 members (excludes halogenated alkanes) is 7. The third-order valence-corrected chi connectivity index (χ3v) is 10.9. The molecule has 1 fully saturated rings. The van der Waals surface area contributed by atoms with Crippen molar-refractivity contribution in [2.75, 3.05) is 13.2 Å². The first-order chi connectivity index (χ1) is 30.8. The Labute approximate surface area is 381 Å². The molecular formula is C49H77O14P. The maximum atomic E-state index is 12.8. The lowest BCUT2D eigenvalue weighted by Crippen LogP contribution is -2.64. The largest absolute Gasteiger partial charge is 0.472 e. The molecule has 14 nitrogen and oxygen atoms in total. The van der Waals surface area contributed by atoms with Gasteiger partial charge in [0.15, 0.2) is 11.9 Å². The fourth-order valence-corrected chi connectivity index (χ4v) is 7.15. The average molecular weight is 921 g/mol. The predicted molar refractivity (Wildman–Crippen MR) is 249 cm³/mol. The summed E-state index contributed by atoms with van der Waals surface area (Å²) in [6.07, 6.45) is 33.1. The van der Waals surface area contributed by atoms with E-state index in [-0.39, 0.29) is 18.6 Å². The minimum atomic E-state index is -5.16. The number of rotatable bonds is 36. The van der Waals surface area contributed by atoms with Gasteiger partial charge in [0.1, 0.15) is 43.2 Å². The smallest absolute Gasteiger partial charge is 0.462 e. The molecule has 1 aliphatic rings. The number of phosphoric acid groups is 1. The highest BCUT2D eigenvalue weighted by atomic mass is 31.2. The number of ether oxygens (including phenoxy) is 2. The number of hydrogen-bond acceptors (Lipinski definition) is 13. The quantitative estimate of drug-likeness (QED) is 0.00870. The molecule has 0 spiro atoms. The second-order valence-electron chi connectivity index (χ2n) is 15.6. The van der Waals surface area contributed by atoms with Crippen molar-refractivity contribution in [2.45, 2.75) is 179 Å². The number of allylic oxidation sites excluding steroid dienone is 16. The molecule has 0 aromatic carbocycles. The highest BCUT2D eigenvalue weighted by Crippen LogP contribution is 2.47. The maximum absolute atomic E-state index is 12.8. The van der Waals surface area contributed by atoms with E-state index in [4.69, 9.17) is 18.5 Å². The minimum Gasteiger partial charge on any atom is -0.462 e. The normalized spacial score (nSPS) is 22.4. The van der Waals surface area contributed by atoms with E-state index in [1.54, 1.807) is 12.2 Å². The van der Waals surface area contributed by atoms with E-state index >= 15 is 0 Å². The Morgan fingerprint density at radius 1 is 0.547 bits per heavy atom. The van der Waals surface area contributed by atoms with Gasteiger partial charge in [-0.1, -0.05) is 137 Å². The zero-order valence-corrected chi connectivity index (χ0v) is 38.9. The molecule has 1 aliphatic carbocycles. The number of hydrogen-bond donors (Lipinski definition) is 6. The lowest BCUT2D eigenvalue weighted by molar-refractivity contribution is -0.220. The first-order valence-electron chi connectivity index (χ1n) is 23.0. The first kappa shape index (κ1) is 58.5. The average Bonchev–Trinajstić information content (AvgIpc) is 3.27. The summed E-state index contributed by atoms with van der Waals surface area (Å²) in [5.41, 5.74) is 0. The van der Waals surface area contributed by atoms with E-state index in [1.807, 2.05) is 30.4 Å². The molecule has 1 saturated carbocycles. The van der Waals surface area contributed by atoms with Gasteiger partial charge in [-0.25, -0.2) is 4.57 Å². The second kappa shape index (κ2) is 37.6. The molecule has 0 aromatic heterocycles. The molecule has 3 unspecified atom stereocenters. The van der Waals surface area contributed by atoms with Gasteiger partial charge in [-0.15, -0.1) is 0 Å². The Morgan fingerprint density at radius 3 is 1.64 bits per heavy atom. The van der Waals surface area contributed by atoms with Crippen LogP contribution in [-0.4, -0.2) is 104 Å². The maximum Gasteiger partial charge on any atom is 0.472 e. The molecule has 0 radical (unpaired) electrons. The van der Waals surface area contributed by atoms with Crippen molar-refractivity contribution in [3.05, 3.63) is 97.2 Å². The molecule has 0 aromatic rings. The molecule has 0 bridgehead atoms. The lowest BCUT2D eigenvalue weighted by Gasteiger charge is -2.41. The van der Waals surface area contributed by atoms with Crippen molar-refractivity contribution in [1.29, 1.82) is 0 Å². The summed E-state index contributed by atoms with van der Waals surface area (Å²) in [6, 6.07) is 0. The standard InChI is InChI=1S/C49H77O14P/c1-3-5-7-8-9-10-11-12-13-14-15-16-17-18-19-22-25-28-32-36-42(51)60-38-41(39-61-64(58,59)63-49-47(56)45(54)44(53)46(55)48(49)57)62-43(52)37-33-29-26-23-20-21-24-27-31-35-40(50)34-30-6-4-2/h5,7,9-10,12-13,15-16,18-19,24-25,27-28,31,35,41,44-49,53-57H,3-4,6,8,11,14,17,20-23,26,29-30,32-34,36-39H2,1-2H3,(H,58,59)/b7-5-,10-9-,13-12-,16-15-,19-18-,27-24-,28-25-,35-31+/t41-,44?,45-,46+,47-,48-,49?/m1/s1. The fourth-order valence-electron chi connectivity index (χ4n) is 6.17. The van der Waals surface area contributed by atoms with E-state index < -0.39 is 75.7 Å². The van der Waals surface area contributed by atoms with Crippen molar-refractivity contribution >= 4 is 25.5 Å². The monoisotopic (exact) mass is 921 g/mol. The van der Waals surface area contributed by atoms with Gasteiger partial charge in [-0.05, 0) is 76.7 Å². The third kappa shape index (κ3) is 29.8. The van der Waals surface area contributed by atoms with E-state index in [9.17, 15) is 49.4 Å². The van der Waals surface area contributed by atoms with E-state index in [0.29, 0.717) is 25.7 Å². The molecule has 0 aliphatic heterocycles. The summed E-state index contributed by atoms with van der Waals surface area (Å²) in [5.74, 6) is -1.14. The highest BCUT2D eigenvalue weighted by Gasteiger charge is 2.51. The summed E-state index contributed by atoms with van der Waals surface area (Å²) in [7, 11) is -5.16. The van der Waals surface area contributed by atoms with Crippen LogP contribution in [0.1, 0.15) is 136 Å². The number of carbonyl (C=O) groups excluding carboxylic acids is 3. The van der Waals surface area contributed by atoms with Crippen LogP contribution >= 0.6 is 7.82 Å². The number of aliphatic hydroxyl groups excluding tert-OH is 5. The zero-order chi connectivity index (χ0) is 47.3. The molecule has 0 saturated heterocycles. The van der Waals surface area contributed by atoms with Crippen LogP contribution in [0.3, 0.4) is 0 Å². The predicted octanol–water partition coefficient (Wildman–Crippen LogP) is 8.23. The van der Waals surface area contributed by atoms with Crippen LogP contribution in [-0.2, 0) is 37.5 Å². The van der Waals surface area contributed by atoms with Gasteiger partial charge < -0.3 is 39.9 Å². The van der Waals surface area contributed by atoms with Gasteiger partial charge in [0.2, 0.25) is 0 Å². The van der Waals surface area contributed by atoms with Crippen LogP contribution in [0.15, 0.2) is 97.2 Å². The van der Waals surface area contributed by atoms with Crippen molar-refractivity contribution in [3.8, 4) is 0 Å². The van der Waals surface area contributed by atoms with E-state index in [1.165, 1.54) is 0 Å². The van der Waals surface area contributed by atoms with Crippen LogP contribution in [0.5, 0.6) is 0 Å². The van der Waals surface area contributed by atoms with Crippen molar-refractivity contribution in [1.82, 2.24) is 0 Å². The summed E-state index contributed by atoms with van der Waals surface area (Å²) < 4.78 is 33.4. The number of aliphatic hydroxyl groups is 5. The molecule has 15 heteroatoms. The molecule has 0 heterocycles. The van der Waals surface area contributed by atoms with Crippen molar-refractivity contribution in [3.63, 3.8) is 0 Å². The number of phosphoric ester groups is 1. The third-order valence-electron chi connectivity index (χ3n) is 9.90. The number of esters is 2. The van der Waals surface area contributed by atoms with E-state index in [2.05, 4.69) is 68.5 Å². The summed E-state index contributed by atoms with van der Waals surface area (Å²) >= 11 is 0. The van der Waals surface area contributed by atoms with Crippen LogP contribution in [0.4, 0.5) is 0 Å². The summed E-state index contributed by atoms with van der Waals surface area (Å²) in [6.45, 7) is 2.92. The van der Waals surface area contributed by atoms with Gasteiger partial charge in [-0.2, -0.15) is 0 Å². The topological polar surface area (TPSA) is 227 Å². The Balaban J connectivity index is 2.55. The van der Waals surface area contributed by atoms with Gasteiger partial charge in [0, 0.05) is 19.3 Å². The molecule has 64 heavy (non-hydrogen) atoms. The Hall–Kier alpha value is -3.56. The minimum absolute atomic E-state index is 0.0184. The fraction of sp³-hybridized carbons (Fsp3) is 0.612. The van der Waals surface area contributed by atoms with Gasteiger partial charge >= 0.3 is 19.8 Å². The lowest BCUT2D eigenvalue weighted by atomic mass is 9.85. The van der Waals surface area contributed by atoms with Gasteiger partial charge in [0.05, 0.1) is 6.61 Å². The van der Waals surface area contributed by atoms with Gasteiger partial charge in [0.25, 0.3) is 0 Å². The SMILES string of the molecule is CC/C=C\C/C=C\C/C=C\C/C=C\C/C=C\C/C=C\CCC(=O)OC[C@H](COP(=O)(O)OC1[C@H](O)[C@H](O)C(O)[C@H](O)[C@H]1O)OC(=O)CCCCCCC/C=C\C=C\C(=O)CCCCC.